The first-order valence-corrected chi connectivity index (χ1v) is 8.46. The lowest BCUT2D eigenvalue weighted by molar-refractivity contribution is -0.120. The highest BCUT2D eigenvalue weighted by atomic mass is 32.2. The fraction of sp³-hybridized carbons (Fsp3) is 0.500. The topological polar surface area (TPSA) is 84.5 Å². The Labute approximate surface area is 125 Å². The van der Waals surface area contributed by atoms with Crippen LogP contribution in [0.3, 0.4) is 0 Å². The van der Waals surface area contributed by atoms with Crippen molar-refractivity contribution in [2.24, 2.45) is 0 Å². The second-order valence-corrected chi connectivity index (χ2v) is 6.65. The van der Waals surface area contributed by atoms with Crippen LogP contribution in [0, 0.1) is 0 Å². The zero-order valence-electron chi connectivity index (χ0n) is 12.5. The van der Waals surface area contributed by atoms with Gasteiger partial charge in [-0.05, 0) is 26.8 Å². The van der Waals surface area contributed by atoms with E-state index in [0.717, 1.165) is 0 Å². The highest BCUT2D eigenvalue weighted by molar-refractivity contribution is 7.88. The first-order valence-electron chi connectivity index (χ1n) is 6.81. The summed E-state index contributed by atoms with van der Waals surface area (Å²) in [6.07, 6.45) is 0. The number of hydrogen-bond donors (Lipinski definition) is 2. The number of carbonyl (C=O) groups excluding carboxylic acids is 1. The largest absolute Gasteiger partial charge is 0.494 e. The number of ether oxygens (including phenoxy) is 1. The summed E-state index contributed by atoms with van der Waals surface area (Å²) >= 11 is 0. The quantitative estimate of drug-likeness (QED) is 0.750. The number of para-hydroxylation sites is 1. The van der Waals surface area contributed by atoms with Crippen molar-refractivity contribution in [1.82, 2.24) is 10.0 Å². The van der Waals surface area contributed by atoms with E-state index in [1.54, 1.807) is 24.3 Å². The summed E-state index contributed by atoms with van der Waals surface area (Å²) in [4.78, 5) is 11.5. The third kappa shape index (κ3) is 6.59. The van der Waals surface area contributed by atoms with Crippen LogP contribution >= 0.6 is 0 Å². The molecule has 7 heteroatoms. The Bertz CT molecular complexity index is 570. The van der Waals surface area contributed by atoms with Crippen molar-refractivity contribution in [2.45, 2.75) is 32.6 Å². The van der Waals surface area contributed by atoms with Gasteiger partial charge in [-0.15, -0.1) is 0 Å². The third-order valence-electron chi connectivity index (χ3n) is 2.52. The van der Waals surface area contributed by atoms with Crippen LogP contribution in [0.15, 0.2) is 24.3 Å². The Morgan fingerprint density at radius 1 is 1.29 bits per heavy atom. The van der Waals surface area contributed by atoms with Crippen molar-refractivity contribution in [3.05, 3.63) is 29.8 Å². The van der Waals surface area contributed by atoms with E-state index >= 15 is 0 Å². The highest BCUT2D eigenvalue weighted by Gasteiger charge is 2.16. The number of carbonyl (C=O) groups is 1. The number of amides is 1. The van der Waals surface area contributed by atoms with Gasteiger partial charge in [-0.3, -0.25) is 4.79 Å². The predicted molar refractivity (Wildman–Crippen MR) is 81.5 cm³/mol. The number of sulfonamides is 1. The Kier molecular flexibility index (Phi) is 6.64. The van der Waals surface area contributed by atoms with Gasteiger partial charge in [0.15, 0.2) is 0 Å². The summed E-state index contributed by atoms with van der Waals surface area (Å²) in [5.41, 5.74) is 0.566. The molecule has 118 valence electrons. The molecule has 0 bridgehead atoms. The Hall–Kier alpha value is -1.60. The SMILES string of the molecule is CCOc1ccccc1CS(=O)(=O)NCC(=O)NC(C)C. The van der Waals surface area contributed by atoms with E-state index in [-0.39, 0.29) is 24.2 Å². The van der Waals surface area contributed by atoms with Gasteiger partial charge < -0.3 is 10.1 Å². The Morgan fingerprint density at radius 3 is 2.57 bits per heavy atom. The fourth-order valence-corrected chi connectivity index (χ4v) is 2.82. The van der Waals surface area contributed by atoms with E-state index < -0.39 is 10.0 Å². The molecule has 0 fully saturated rings. The first-order chi connectivity index (χ1) is 9.84. The number of nitrogens with one attached hydrogen (secondary N) is 2. The van der Waals surface area contributed by atoms with Gasteiger partial charge in [-0.2, -0.15) is 0 Å². The Morgan fingerprint density at radius 2 is 1.95 bits per heavy atom. The maximum atomic E-state index is 12.0. The maximum Gasteiger partial charge on any atom is 0.235 e. The number of rotatable bonds is 8. The smallest absolute Gasteiger partial charge is 0.235 e. The van der Waals surface area contributed by atoms with Crippen molar-refractivity contribution < 1.29 is 17.9 Å². The molecule has 0 aliphatic heterocycles. The molecule has 6 nitrogen and oxygen atoms in total. The molecule has 1 rings (SSSR count). The molecule has 1 aromatic carbocycles. The molecular formula is C14H22N2O4S. The van der Waals surface area contributed by atoms with E-state index in [0.29, 0.717) is 17.9 Å². The summed E-state index contributed by atoms with van der Waals surface area (Å²) in [6, 6.07) is 6.92. The molecule has 0 unspecified atom stereocenters. The van der Waals surface area contributed by atoms with Gasteiger partial charge in [-0.1, -0.05) is 18.2 Å². The van der Waals surface area contributed by atoms with Crippen LogP contribution in [-0.2, 0) is 20.6 Å². The van der Waals surface area contributed by atoms with Gasteiger partial charge in [0.05, 0.1) is 18.9 Å². The van der Waals surface area contributed by atoms with E-state index in [1.165, 1.54) is 0 Å². The summed E-state index contributed by atoms with van der Waals surface area (Å²) in [5.74, 6) is -0.0401. The van der Waals surface area contributed by atoms with Crippen LogP contribution in [0.4, 0.5) is 0 Å². The van der Waals surface area contributed by atoms with E-state index in [2.05, 4.69) is 10.0 Å². The van der Waals surface area contributed by atoms with Crippen molar-refractivity contribution >= 4 is 15.9 Å². The van der Waals surface area contributed by atoms with Crippen LogP contribution < -0.4 is 14.8 Å². The van der Waals surface area contributed by atoms with Gasteiger partial charge >= 0.3 is 0 Å². The molecule has 0 spiro atoms. The standard InChI is InChI=1S/C14H22N2O4S/c1-4-20-13-8-6-5-7-12(13)10-21(18,19)15-9-14(17)16-11(2)3/h5-8,11,15H,4,9-10H2,1-3H3,(H,16,17). The van der Waals surface area contributed by atoms with Crippen LogP contribution in [-0.4, -0.2) is 33.5 Å². The van der Waals surface area contributed by atoms with E-state index in [1.807, 2.05) is 20.8 Å². The maximum absolute atomic E-state index is 12.0. The molecule has 0 radical (unpaired) electrons. The van der Waals surface area contributed by atoms with Crippen LogP contribution in [0.1, 0.15) is 26.3 Å². The molecule has 1 aromatic rings. The molecule has 0 atom stereocenters. The third-order valence-corrected chi connectivity index (χ3v) is 3.80. The van der Waals surface area contributed by atoms with Crippen LogP contribution in [0.2, 0.25) is 0 Å². The summed E-state index contributed by atoms with van der Waals surface area (Å²) in [6.45, 7) is 5.65. The molecule has 0 heterocycles. The minimum Gasteiger partial charge on any atom is -0.494 e. The molecular weight excluding hydrogens is 292 g/mol. The fourth-order valence-electron chi connectivity index (χ4n) is 1.72. The minimum atomic E-state index is -3.60. The molecule has 21 heavy (non-hydrogen) atoms. The van der Waals surface area contributed by atoms with Crippen molar-refractivity contribution in [3.63, 3.8) is 0 Å². The van der Waals surface area contributed by atoms with Crippen LogP contribution in [0.5, 0.6) is 5.75 Å². The van der Waals surface area contributed by atoms with Gasteiger partial charge in [0.1, 0.15) is 5.75 Å². The van der Waals surface area contributed by atoms with Gasteiger partial charge in [-0.25, -0.2) is 13.1 Å². The molecule has 0 saturated carbocycles. The Balaban J connectivity index is 2.66. The summed E-state index contributed by atoms with van der Waals surface area (Å²) in [7, 11) is -3.60. The number of benzene rings is 1. The molecule has 0 saturated heterocycles. The van der Waals surface area contributed by atoms with Gasteiger partial charge in [0.2, 0.25) is 15.9 Å². The van der Waals surface area contributed by atoms with Gasteiger partial charge in [0.25, 0.3) is 0 Å². The highest BCUT2D eigenvalue weighted by Crippen LogP contribution is 2.19. The lowest BCUT2D eigenvalue weighted by Crippen LogP contribution is -2.40. The van der Waals surface area contributed by atoms with Gasteiger partial charge in [0, 0.05) is 11.6 Å². The molecule has 0 aliphatic rings. The van der Waals surface area contributed by atoms with Crippen LogP contribution in [0.25, 0.3) is 0 Å². The lowest BCUT2D eigenvalue weighted by atomic mass is 10.2. The van der Waals surface area contributed by atoms with E-state index in [9.17, 15) is 13.2 Å². The second-order valence-electron chi connectivity index (χ2n) is 4.84. The molecule has 1 amide bonds. The van der Waals surface area contributed by atoms with Crippen molar-refractivity contribution in [3.8, 4) is 5.75 Å². The average Bonchev–Trinajstić information content (AvgIpc) is 2.38. The lowest BCUT2D eigenvalue weighted by Gasteiger charge is -2.12. The normalized spacial score (nSPS) is 11.4. The molecule has 0 aliphatic carbocycles. The summed E-state index contributed by atoms with van der Waals surface area (Å²) in [5, 5.41) is 2.62. The molecule has 2 N–H and O–H groups in total. The molecule has 0 aromatic heterocycles. The predicted octanol–water partition coefficient (Wildman–Crippen LogP) is 1.03. The van der Waals surface area contributed by atoms with Crippen molar-refractivity contribution in [2.75, 3.05) is 13.2 Å². The van der Waals surface area contributed by atoms with E-state index in [4.69, 9.17) is 4.74 Å². The summed E-state index contributed by atoms with van der Waals surface area (Å²) < 4.78 is 31.7. The zero-order chi connectivity index (χ0) is 15.9. The minimum absolute atomic E-state index is 0.0271. The first kappa shape index (κ1) is 17.5. The number of hydrogen-bond acceptors (Lipinski definition) is 4. The average molecular weight is 314 g/mol. The zero-order valence-corrected chi connectivity index (χ0v) is 13.4. The monoisotopic (exact) mass is 314 g/mol. The second kappa shape index (κ2) is 7.99. The van der Waals surface area contributed by atoms with Crippen molar-refractivity contribution in [1.29, 1.82) is 0 Å².